The lowest BCUT2D eigenvalue weighted by atomic mass is 10.2. The first-order valence-electron chi connectivity index (χ1n) is 9.31. The van der Waals surface area contributed by atoms with Crippen molar-refractivity contribution in [1.29, 1.82) is 0 Å². The van der Waals surface area contributed by atoms with Gasteiger partial charge < -0.3 is 4.90 Å². The van der Waals surface area contributed by atoms with Gasteiger partial charge in [-0.05, 0) is 55.7 Å². The minimum absolute atomic E-state index is 0.0309. The summed E-state index contributed by atoms with van der Waals surface area (Å²) in [7, 11) is -3.43. The Kier molecular flexibility index (Phi) is 6.31. The predicted molar refractivity (Wildman–Crippen MR) is 116 cm³/mol. The highest BCUT2D eigenvalue weighted by Gasteiger charge is 2.13. The molecule has 0 radical (unpaired) electrons. The van der Waals surface area contributed by atoms with Crippen molar-refractivity contribution in [2.75, 3.05) is 21.9 Å². The molecule has 2 aromatic carbocycles. The van der Waals surface area contributed by atoms with Gasteiger partial charge in [-0.15, -0.1) is 0 Å². The number of nitrogens with one attached hydrogen (secondary N) is 1. The van der Waals surface area contributed by atoms with Crippen molar-refractivity contribution in [1.82, 2.24) is 4.98 Å². The highest BCUT2D eigenvalue weighted by molar-refractivity contribution is 7.92. The van der Waals surface area contributed by atoms with E-state index in [1.165, 1.54) is 5.56 Å². The fourth-order valence-corrected chi connectivity index (χ4v) is 4.09. The Bertz CT molecular complexity index is 1000. The standard InChI is InChI=1S/C22H25N3O2S/c1-3-25(21-11-7-8-18(2)16-21)22-13-12-20(17-23-22)24-28(26,27)15-14-19-9-5-4-6-10-19/h4-13,16-17,24H,3,14-15H2,1-2H3. The molecule has 0 aliphatic heterocycles. The Morgan fingerprint density at radius 3 is 2.43 bits per heavy atom. The molecule has 1 N–H and O–H groups in total. The topological polar surface area (TPSA) is 62.3 Å². The molecule has 1 aromatic heterocycles. The fraction of sp³-hybridized carbons (Fsp3) is 0.227. The molecule has 3 aromatic rings. The molecule has 146 valence electrons. The highest BCUT2D eigenvalue weighted by atomic mass is 32.2. The van der Waals surface area contributed by atoms with E-state index in [1.54, 1.807) is 12.3 Å². The fourth-order valence-electron chi connectivity index (χ4n) is 3.01. The number of aromatic nitrogens is 1. The number of aryl methyl sites for hydroxylation is 2. The van der Waals surface area contributed by atoms with Gasteiger partial charge in [-0.25, -0.2) is 13.4 Å². The first-order valence-corrected chi connectivity index (χ1v) is 11.0. The molecule has 5 nitrogen and oxygen atoms in total. The van der Waals surface area contributed by atoms with Crippen molar-refractivity contribution in [2.45, 2.75) is 20.3 Å². The van der Waals surface area contributed by atoms with Crippen molar-refractivity contribution in [2.24, 2.45) is 0 Å². The van der Waals surface area contributed by atoms with Gasteiger partial charge in [0.25, 0.3) is 0 Å². The Hall–Kier alpha value is -2.86. The maximum absolute atomic E-state index is 12.4. The Morgan fingerprint density at radius 1 is 1.00 bits per heavy atom. The lowest BCUT2D eigenvalue weighted by molar-refractivity contribution is 0.600. The van der Waals surface area contributed by atoms with Crippen LogP contribution in [-0.2, 0) is 16.4 Å². The normalized spacial score (nSPS) is 11.2. The second-order valence-electron chi connectivity index (χ2n) is 6.64. The van der Waals surface area contributed by atoms with Crippen molar-refractivity contribution in [3.05, 3.63) is 84.1 Å². The van der Waals surface area contributed by atoms with Gasteiger partial charge in [-0.1, -0.05) is 42.5 Å². The maximum atomic E-state index is 12.4. The van der Waals surface area contributed by atoms with E-state index in [-0.39, 0.29) is 5.75 Å². The van der Waals surface area contributed by atoms with Crippen LogP contribution < -0.4 is 9.62 Å². The Labute approximate surface area is 167 Å². The minimum Gasteiger partial charge on any atom is -0.327 e. The average Bonchev–Trinajstić information content (AvgIpc) is 2.69. The third-order valence-electron chi connectivity index (χ3n) is 4.43. The molecule has 28 heavy (non-hydrogen) atoms. The number of pyridine rings is 1. The van der Waals surface area contributed by atoms with Crippen molar-refractivity contribution in [3.63, 3.8) is 0 Å². The average molecular weight is 396 g/mol. The molecule has 0 fully saturated rings. The van der Waals surface area contributed by atoms with E-state index in [4.69, 9.17) is 0 Å². The first kappa shape index (κ1) is 19.9. The summed E-state index contributed by atoms with van der Waals surface area (Å²) in [5, 5.41) is 0. The van der Waals surface area contributed by atoms with E-state index in [1.807, 2.05) is 48.5 Å². The monoisotopic (exact) mass is 395 g/mol. The van der Waals surface area contributed by atoms with Gasteiger partial charge in [0.2, 0.25) is 10.0 Å². The largest absolute Gasteiger partial charge is 0.327 e. The van der Waals surface area contributed by atoms with Gasteiger partial charge in [-0.2, -0.15) is 0 Å². The van der Waals surface area contributed by atoms with Crippen LogP contribution >= 0.6 is 0 Å². The van der Waals surface area contributed by atoms with Gasteiger partial charge in [0, 0.05) is 12.2 Å². The van der Waals surface area contributed by atoms with E-state index in [0.29, 0.717) is 12.1 Å². The van der Waals surface area contributed by atoms with Crippen molar-refractivity contribution in [3.8, 4) is 0 Å². The molecule has 0 bridgehead atoms. The van der Waals surface area contributed by atoms with Gasteiger partial charge >= 0.3 is 0 Å². The van der Waals surface area contributed by atoms with E-state index in [9.17, 15) is 8.42 Å². The third kappa shape index (κ3) is 5.33. The summed E-state index contributed by atoms with van der Waals surface area (Å²) < 4.78 is 27.3. The van der Waals surface area contributed by atoms with Gasteiger partial charge in [0.1, 0.15) is 5.82 Å². The smallest absolute Gasteiger partial charge is 0.233 e. The molecule has 6 heteroatoms. The highest BCUT2D eigenvalue weighted by Crippen LogP contribution is 2.25. The summed E-state index contributed by atoms with van der Waals surface area (Å²) >= 11 is 0. The van der Waals surface area contributed by atoms with E-state index in [2.05, 4.69) is 40.6 Å². The summed E-state index contributed by atoms with van der Waals surface area (Å²) in [5.41, 5.74) is 3.71. The summed E-state index contributed by atoms with van der Waals surface area (Å²) in [6.07, 6.45) is 2.03. The van der Waals surface area contributed by atoms with Crippen molar-refractivity contribution >= 4 is 27.2 Å². The molecule has 3 rings (SSSR count). The zero-order valence-corrected chi connectivity index (χ0v) is 17.0. The summed E-state index contributed by atoms with van der Waals surface area (Å²) in [5.74, 6) is 0.809. The number of benzene rings is 2. The molecule has 0 amide bonds. The summed E-state index contributed by atoms with van der Waals surface area (Å²) in [6.45, 7) is 4.88. The predicted octanol–water partition coefficient (Wildman–Crippen LogP) is 4.53. The molecule has 0 aliphatic rings. The summed E-state index contributed by atoms with van der Waals surface area (Å²) in [4.78, 5) is 6.54. The molecular formula is C22H25N3O2S. The van der Waals surface area contributed by atoms with Crippen LogP contribution in [0.5, 0.6) is 0 Å². The summed E-state index contributed by atoms with van der Waals surface area (Å²) in [6, 6.07) is 21.4. The maximum Gasteiger partial charge on any atom is 0.233 e. The number of nitrogens with zero attached hydrogens (tertiary/aromatic N) is 2. The van der Waals surface area contributed by atoms with Gasteiger partial charge in [0.05, 0.1) is 17.6 Å². The van der Waals surface area contributed by atoms with Crippen LogP contribution in [-0.4, -0.2) is 25.7 Å². The molecule has 0 atom stereocenters. The molecule has 0 saturated carbocycles. The molecular weight excluding hydrogens is 370 g/mol. The van der Waals surface area contributed by atoms with Crippen LogP contribution in [0.4, 0.5) is 17.2 Å². The first-order chi connectivity index (χ1) is 13.5. The lowest BCUT2D eigenvalue weighted by Crippen LogP contribution is -2.19. The molecule has 1 heterocycles. The SMILES string of the molecule is CCN(c1cccc(C)c1)c1ccc(NS(=O)(=O)CCc2ccccc2)cn1. The number of sulfonamides is 1. The number of anilines is 3. The van der Waals surface area contributed by atoms with Crippen LogP contribution in [0.3, 0.4) is 0 Å². The number of hydrogen-bond acceptors (Lipinski definition) is 4. The molecule has 0 aliphatic carbocycles. The minimum atomic E-state index is -3.43. The zero-order chi connectivity index (χ0) is 20.0. The molecule has 0 saturated heterocycles. The second kappa shape index (κ2) is 8.89. The Balaban J connectivity index is 1.68. The van der Waals surface area contributed by atoms with Crippen molar-refractivity contribution < 1.29 is 8.42 Å². The number of hydrogen-bond donors (Lipinski definition) is 1. The third-order valence-corrected chi connectivity index (χ3v) is 5.72. The second-order valence-corrected chi connectivity index (χ2v) is 8.49. The zero-order valence-electron chi connectivity index (χ0n) is 16.2. The van der Waals surface area contributed by atoms with Gasteiger partial charge in [0.15, 0.2) is 0 Å². The Morgan fingerprint density at radius 2 is 1.79 bits per heavy atom. The van der Waals surface area contributed by atoms with Crippen LogP contribution in [0.2, 0.25) is 0 Å². The quantitative estimate of drug-likeness (QED) is 0.609. The van der Waals surface area contributed by atoms with Crippen LogP contribution in [0.25, 0.3) is 0 Å². The number of rotatable bonds is 8. The molecule has 0 unspecified atom stereocenters. The van der Waals surface area contributed by atoms with Crippen LogP contribution in [0, 0.1) is 6.92 Å². The van der Waals surface area contributed by atoms with Crippen LogP contribution in [0.1, 0.15) is 18.1 Å². The van der Waals surface area contributed by atoms with E-state index >= 15 is 0 Å². The van der Waals surface area contributed by atoms with E-state index < -0.39 is 10.0 Å². The van der Waals surface area contributed by atoms with Gasteiger partial charge in [-0.3, -0.25) is 4.72 Å². The van der Waals surface area contributed by atoms with Crippen LogP contribution in [0.15, 0.2) is 72.9 Å². The van der Waals surface area contributed by atoms with E-state index in [0.717, 1.165) is 23.6 Å². The molecule has 0 spiro atoms. The lowest BCUT2D eigenvalue weighted by Gasteiger charge is -2.22.